The predicted molar refractivity (Wildman–Crippen MR) is 72.4 cm³/mol. The largest absolute Gasteiger partial charge is 0.299 e. The lowest BCUT2D eigenvalue weighted by atomic mass is 9.90. The minimum absolute atomic E-state index is 0.0187. The predicted octanol–water partition coefficient (Wildman–Crippen LogP) is 3.44. The summed E-state index contributed by atoms with van der Waals surface area (Å²) in [5, 5.41) is 0. The number of carbonyl (C=O) groups is 2. The molecule has 0 heterocycles. The normalized spacial score (nSPS) is 18.3. The molecule has 0 saturated heterocycles. The third kappa shape index (κ3) is 2.65. The molecule has 1 unspecified atom stereocenters. The lowest BCUT2D eigenvalue weighted by Crippen LogP contribution is -2.09. The van der Waals surface area contributed by atoms with Crippen LogP contribution in [0.1, 0.15) is 36.2 Å². The molecule has 1 aliphatic rings. The number of Topliss-reactive ketones (excluding diaryl/α,β-unsaturated/α-hetero) is 2. The standard InChI is InChI=1S/C16H16O2/c1-11(17)13-3-7-15(8-4-13)16-9-5-14(6-10-16)12(2)18/h3-5,7-10,14H,6H2,1-2H3. The van der Waals surface area contributed by atoms with E-state index in [0.717, 1.165) is 23.1 Å². The highest BCUT2D eigenvalue weighted by Gasteiger charge is 2.13. The zero-order valence-electron chi connectivity index (χ0n) is 10.6. The first-order valence-corrected chi connectivity index (χ1v) is 6.08. The summed E-state index contributed by atoms with van der Waals surface area (Å²) in [5.41, 5.74) is 2.92. The zero-order valence-corrected chi connectivity index (χ0v) is 10.6. The van der Waals surface area contributed by atoms with Crippen molar-refractivity contribution in [2.24, 2.45) is 5.92 Å². The number of allylic oxidation sites excluding steroid dienone is 4. The van der Waals surface area contributed by atoms with Crippen molar-refractivity contribution < 1.29 is 9.59 Å². The minimum Gasteiger partial charge on any atom is -0.299 e. The summed E-state index contributed by atoms with van der Waals surface area (Å²) in [5.74, 6) is 0.296. The third-order valence-electron chi connectivity index (χ3n) is 3.25. The van der Waals surface area contributed by atoms with Crippen molar-refractivity contribution in [3.05, 3.63) is 53.6 Å². The molecular weight excluding hydrogens is 224 g/mol. The SMILES string of the molecule is CC(=O)c1ccc(C2=CCC(C(C)=O)C=C2)cc1. The molecule has 2 nitrogen and oxygen atoms in total. The summed E-state index contributed by atoms with van der Waals surface area (Å²) < 4.78 is 0. The summed E-state index contributed by atoms with van der Waals surface area (Å²) in [7, 11) is 0. The number of carbonyl (C=O) groups excluding carboxylic acids is 2. The maximum atomic E-state index is 11.2. The number of rotatable bonds is 3. The van der Waals surface area contributed by atoms with E-state index in [1.54, 1.807) is 13.8 Å². The van der Waals surface area contributed by atoms with Gasteiger partial charge in [0.05, 0.1) is 0 Å². The van der Waals surface area contributed by atoms with Gasteiger partial charge in [0, 0.05) is 11.5 Å². The fraction of sp³-hybridized carbons (Fsp3) is 0.250. The van der Waals surface area contributed by atoms with Crippen LogP contribution in [0.5, 0.6) is 0 Å². The highest BCUT2D eigenvalue weighted by molar-refractivity contribution is 5.94. The average Bonchev–Trinajstić information content (AvgIpc) is 2.39. The molecule has 1 aliphatic carbocycles. The van der Waals surface area contributed by atoms with E-state index in [-0.39, 0.29) is 17.5 Å². The Labute approximate surface area is 107 Å². The molecule has 0 aromatic heterocycles. The van der Waals surface area contributed by atoms with Crippen molar-refractivity contribution in [3.8, 4) is 0 Å². The van der Waals surface area contributed by atoms with Crippen molar-refractivity contribution >= 4 is 17.1 Å². The summed E-state index contributed by atoms with van der Waals surface area (Å²) in [6.45, 7) is 3.18. The quantitative estimate of drug-likeness (QED) is 0.758. The van der Waals surface area contributed by atoms with Crippen LogP contribution in [-0.4, -0.2) is 11.6 Å². The van der Waals surface area contributed by atoms with Gasteiger partial charge in [0.2, 0.25) is 0 Å². The highest BCUT2D eigenvalue weighted by atomic mass is 16.1. The molecule has 0 fully saturated rings. The van der Waals surface area contributed by atoms with Crippen LogP contribution in [-0.2, 0) is 4.79 Å². The van der Waals surface area contributed by atoms with Gasteiger partial charge < -0.3 is 0 Å². The molecule has 1 aromatic carbocycles. The smallest absolute Gasteiger partial charge is 0.159 e. The molecule has 0 radical (unpaired) electrons. The van der Waals surface area contributed by atoms with Crippen LogP contribution in [0.25, 0.3) is 5.57 Å². The van der Waals surface area contributed by atoms with E-state index in [1.165, 1.54) is 0 Å². The number of hydrogen-bond acceptors (Lipinski definition) is 2. The molecule has 18 heavy (non-hydrogen) atoms. The van der Waals surface area contributed by atoms with Crippen LogP contribution in [0.2, 0.25) is 0 Å². The molecule has 0 N–H and O–H groups in total. The van der Waals surface area contributed by atoms with Gasteiger partial charge >= 0.3 is 0 Å². The van der Waals surface area contributed by atoms with Crippen LogP contribution in [0, 0.1) is 5.92 Å². The first-order valence-electron chi connectivity index (χ1n) is 6.08. The van der Waals surface area contributed by atoms with Crippen LogP contribution in [0.3, 0.4) is 0 Å². The van der Waals surface area contributed by atoms with Gasteiger partial charge in [0.1, 0.15) is 5.78 Å². The number of ketones is 2. The summed E-state index contributed by atoms with van der Waals surface area (Å²) >= 11 is 0. The Morgan fingerprint density at radius 1 is 1.11 bits per heavy atom. The Morgan fingerprint density at radius 2 is 1.78 bits per heavy atom. The molecule has 2 heteroatoms. The van der Waals surface area contributed by atoms with Gasteiger partial charge in [-0.3, -0.25) is 9.59 Å². The van der Waals surface area contributed by atoms with Crippen LogP contribution in [0.15, 0.2) is 42.5 Å². The molecular formula is C16H16O2. The monoisotopic (exact) mass is 240 g/mol. The van der Waals surface area contributed by atoms with Crippen LogP contribution >= 0.6 is 0 Å². The zero-order chi connectivity index (χ0) is 13.1. The number of benzene rings is 1. The van der Waals surface area contributed by atoms with Gasteiger partial charge in [-0.25, -0.2) is 0 Å². The van der Waals surface area contributed by atoms with E-state index in [4.69, 9.17) is 0 Å². The maximum Gasteiger partial charge on any atom is 0.159 e. The minimum atomic E-state index is 0.0187. The van der Waals surface area contributed by atoms with Crippen LogP contribution in [0.4, 0.5) is 0 Å². The molecule has 92 valence electrons. The third-order valence-corrected chi connectivity index (χ3v) is 3.25. The van der Waals surface area contributed by atoms with E-state index in [9.17, 15) is 9.59 Å². The van der Waals surface area contributed by atoms with Crippen molar-refractivity contribution in [2.45, 2.75) is 20.3 Å². The van der Waals surface area contributed by atoms with Gasteiger partial charge in [-0.2, -0.15) is 0 Å². The van der Waals surface area contributed by atoms with Crippen molar-refractivity contribution in [1.29, 1.82) is 0 Å². The molecule has 1 atom stereocenters. The van der Waals surface area contributed by atoms with E-state index in [0.29, 0.717) is 0 Å². The molecule has 0 amide bonds. The van der Waals surface area contributed by atoms with Gasteiger partial charge in [-0.05, 0) is 31.4 Å². The Hall–Kier alpha value is -1.96. The summed E-state index contributed by atoms with van der Waals surface area (Å²) in [6, 6.07) is 7.56. The lowest BCUT2D eigenvalue weighted by Gasteiger charge is -2.13. The van der Waals surface area contributed by atoms with E-state index in [2.05, 4.69) is 6.08 Å². The molecule has 0 bridgehead atoms. The molecule has 0 aliphatic heterocycles. The Balaban J connectivity index is 2.17. The molecule has 0 saturated carbocycles. The Morgan fingerprint density at radius 3 is 2.22 bits per heavy atom. The maximum absolute atomic E-state index is 11.2. The first-order chi connectivity index (χ1) is 8.58. The van der Waals surface area contributed by atoms with Crippen molar-refractivity contribution in [3.63, 3.8) is 0 Å². The topological polar surface area (TPSA) is 34.1 Å². The molecule has 0 spiro atoms. The second-order valence-corrected chi connectivity index (χ2v) is 4.60. The van der Waals surface area contributed by atoms with Crippen molar-refractivity contribution in [1.82, 2.24) is 0 Å². The fourth-order valence-electron chi connectivity index (χ4n) is 2.03. The average molecular weight is 240 g/mol. The van der Waals surface area contributed by atoms with Crippen molar-refractivity contribution in [2.75, 3.05) is 0 Å². The van der Waals surface area contributed by atoms with Crippen LogP contribution < -0.4 is 0 Å². The van der Waals surface area contributed by atoms with E-state index >= 15 is 0 Å². The first kappa shape index (κ1) is 12.5. The van der Waals surface area contributed by atoms with Gasteiger partial charge in [-0.1, -0.05) is 42.5 Å². The molecule has 2 rings (SSSR count). The Kier molecular flexibility index (Phi) is 3.56. The highest BCUT2D eigenvalue weighted by Crippen LogP contribution is 2.25. The fourth-order valence-corrected chi connectivity index (χ4v) is 2.03. The van der Waals surface area contributed by atoms with Gasteiger partial charge in [0.25, 0.3) is 0 Å². The summed E-state index contributed by atoms with van der Waals surface area (Å²) in [4.78, 5) is 22.4. The van der Waals surface area contributed by atoms with Gasteiger partial charge in [0.15, 0.2) is 5.78 Å². The number of hydrogen-bond donors (Lipinski definition) is 0. The Bertz CT molecular complexity index is 533. The van der Waals surface area contributed by atoms with Gasteiger partial charge in [-0.15, -0.1) is 0 Å². The van der Waals surface area contributed by atoms with E-state index < -0.39 is 0 Å². The second kappa shape index (κ2) is 5.13. The van der Waals surface area contributed by atoms with E-state index in [1.807, 2.05) is 36.4 Å². The summed E-state index contributed by atoms with van der Waals surface area (Å²) in [6.07, 6.45) is 6.78. The molecule has 1 aromatic rings. The lowest BCUT2D eigenvalue weighted by molar-refractivity contribution is -0.119. The second-order valence-electron chi connectivity index (χ2n) is 4.60.